The lowest BCUT2D eigenvalue weighted by Crippen LogP contribution is -2.25. The van der Waals surface area contributed by atoms with E-state index in [9.17, 15) is 9.59 Å². The van der Waals surface area contributed by atoms with E-state index < -0.39 is 0 Å². The maximum absolute atomic E-state index is 11.6. The molecule has 3 nitrogen and oxygen atoms in total. The Morgan fingerprint density at radius 3 is 2.40 bits per heavy atom. The molecule has 1 saturated heterocycles. The highest BCUT2D eigenvalue weighted by Gasteiger charge is 2.31. The average Bonchev–Trinajstić information content (AvgIpc) is 2.78. The third-order valence-electron chi connectivity index (χ3n) is 3.22. The first-order valence-electron chi connectivity index (χ1n) is 6.38. The second-order valence-corrected chi connectivity index (χ2v) is 5.83. The third-order valence-corrected chi connectivity index (χ3v) is 4.20. The minimum absolute atomic E-state index is 0.190. The molecule has 1 fully saturated rings. The number of nitrogens with one attached hydrogen (secondary N) is 1. The highest BCUT2D eigenvalue weighted by Crippen LogP contribution is 2.25. The normalized spacial score (nSPS) is 18.1. The lowest BCUT2D eigenvalue weighted by Gasteiger charge is -2.08. The van der Waals surface area contributed by atoms with Gasteiger partial charge in [-0.3, -0.25) is 14.9 Å². The van der Waals surface area contributed by atoms with E-state index in [-0.39, 0.29) is 16.4 Å². The molecular formula is C16H13NO2S. The summed E-state index contributed by atoms with van der Waals surface area (Å²) >= 11 is 1.07. The fraction of sp³-hybridized carbons (Fsp3) is 0.125. The summed E-state index contributed by atoms with van der Waals surface area (Å²) in [5.74, 6) is -0.190. The van der Waals surface area contributed by atoms with Crippen molar-refractivity contribution in [1.82, 2.24) is 5.32 Å². The predicted molar refractivity (Wildman–Crippen MR) is 80.5 cm³/mol. The number of thioether (sulfide) groups is 1. The second-order valence-electron chi connectivity index (χ2n) is 4.65. The fourth-order valence-electron chi connectivity index (χ4n) is 2.25. The highest BCUT2D eigenvalue weighted by molar-refractivity contribution is 8.15. The van der Waals surface area contributed by atoms with E-state index in [1.54, 1.807) is 0 Å². The van der Waals surface area contributed by atoms with Crippen molar-refractivity contribution in [3.05, 3.63) is 60.2 Å². The molecule has 0 saturated carbocycles. The van der Waals surface area contributed by atoms with Gasteiger partial charge in [-0.15, -0.1) is 0 Å². The minimum Gasteiger partial charge on any atom is -0.286 e. The second kappa shape index (κ2) is 5.51. The molecule has 2 aromatic carbocycles. The average molecular weight is 283 g/mol. The van der Waals surface area contributed by atoms with Crippen molar-refractivity contribution in [2.45, 2.75) is 11.7 Å². The van der Waals surface area contributed by atoms with Crippen LogP contribution in [0.5, 0.6) is 0 Å². The number of carbonyl (C=O) groups excluding carboxylic acids is 2. The van der Waals surface area contributed by atoms with Crippen molar-refractivity contribution >= 4 is 22.9 Å². The quantitative estimate of drug-likeness (QED) is 0.940. The zero-order chi connectivity index (χ0) is 13.9. The molecule has 0 bridgehead atoms. The Labute approximate surface area is 121 Å². The zero-order valence-corrected chi connectivity index (χ0v) is 11.5. The molecule has 4 heteroatoms. The summed E-state index contributed by atoms with van der Waals surface area (Å²) in [4.78, 5) is 22.8. The predicted octanol–water partition coefficient (Wildman–Crippen LogP) is 3.25. The van der Waals surface area contributed by atoms with Gasteiger partial charge in [-0.05, 0) is 23.1 Å². The van der Waals surface area contributed by atoms with E-state index in [1.165, 1.54) is 0 Å². The smallest absolute Gasteiger partial charge is 0.286 e. The molecule has 100 valence electrons. The van der Waals surface area contributed by atoms with Crippen molar-refractivity contribution in [2.24, 2.45) is 0 Å². The molecule has 1 unspecified atom stereocenters. The van der Waals surface area contributed by atoms with E-state index in [4.69, 9.17) is 0 Å². The Balaban J connectivity index is 1.82. The standard InChI is InChI=1S/C16H13NO2S/c18-15-14(20-16(19)17-15)10-11-5-4-8-13(9-11)12-6-2-1-3-7-12/h1-9,14H,10H2,(H,17,18,19). The molecule has 0 radical (unpaired) electrons. The maximum Gasteiger partial charge on any atom is 0.286 e. The van der Waals surface area contributed by atoms with Gasteiger partial charge >= 0.3 is 0 Å². The van der Waals surface area contributed by atoms with Crippen LogP contribution in [0.4, 0.5) is 4.79 Å². The van der Waals surface area contributed by atoms with Crippen molar-refractivity contribution in [1.29, 1.82) is 0 Å². The van der Waals surface area contributed by atoms with E-state index in [0.29, 0.717) is 6.42 Å². The Bertz CT molecular complexity index is 655. The van der Waals surface area contributed by atoms with Crippen LogP contribution < -0.4 is 5.32 Å². The molecule has 0 aliphatic carbocycles. The van der Waals surface area contributed by atoms with Crippen LogP contribution in [0.25, 0.3) is 11.1 Å². The van der Waals surface area contributed by atoms with Gasteiger partial charge < -0.3 is 0 Å². The molecule has 2 amide bonds. The van der Waals surface area contributed by atoms with Crippen LogP contribution in [0.2, 0.25) is 0 Å². The first-order chi connectivity index (χ1) is 9.72. The molecule has 1 N–H and O–H groups in total. The van der Waals surface area contributed by atoms with Gasteiger partial charge in [0, 0.05) is 0 Å². The van der Waals surface area contributed by atoms with Crippen molar-refractivity contribution in [2.75, 3.05) is 0 Å². The van der Waals surface area contributed by atoms with E-state index in [1.807, 2.05) is 36.4 Å². The summed E-state index contributed by atoms with van der Waals surface area (Å²) in [6.45, 7) is 0. The van der Waals surface area contributed by atoms with Gasteiger partial charge in [0.15, 0.2) is 0 Å². The van der Waals surface area contributed by atoms with Gasteiger partial charge in [0.25, 0.3) is 5.24 Å². The molecule has 0 spiro atoms. The van der Waals surface area contributed by atoms with Crippen LogP contribution in [-0.4, -0.2) is 16.4 Å². The van der Waals surface area contributed by atoms with Gasteiger partial charge in [0.2, 0.25) is 5.91 Å². The molecule has 20 heavy (non-hydrogen) atoms. The molecule has 0 aromatic heterocycles. The first-order valence-corrected chi connectivity index (χ1v) is 7.26. The van der Waals surface area contributed by atoms with Gasteiger partial charge in [-0.1, -0.05) is 66.4 Å². The Hall–Kier alpha value is -2.07. The van der Waals surface area contributed by atoms with Crippen LogP contribution in [0.15, 0.2) is 54.6 Å². The third kappa shape index (κ3) is 2.75. The van der Waals surface area contributed by atoms with Crippen LogP contribution in [0, 0.1) is 0 Å². The number of benzene rings is 2. The summed E-state index contributed by atoms with van der Waals surface area (Å²) in [5.41, 5.74) is 3.33. The summed E-state index contributed by atoms with van der Waals surface area (Å²) in [5, 5.41) is 1.76. The van der Waals surface area contributed by atoms with Crippen LogP contribution in [0.3, 0.4) is 0 Å². The van der Waals surface area contributed by atoms with Gasteiger partial charge in [0.05, 0.1) is 5.25 Å². The number of carbonyl (C=O) groups is 2. The number of imide groups is 1. The summed E-state index contributed by atoms with van der Waals surface area (Å²) in [6, 6.07) is 18.2. The summed E-state index contributed by atoms with van der Waals surface area (Å²) in [7, 11) is 0. The molecule has 1 aliphatic heterocycles. The Morgan fingerprint density at radius 1 is 0.950 bits per heavy atom. The summed E-state index contributed by atoms with van der Waals surface area (Å²) < 4.78 is 0. The minimum atomic E-state index is -0.312. The molecular weight excluding hydrogens is 270 g/mol. The number of rotatable bonds is 3. The number of hydrogen-bond donors (Lipinski definition) is 1. The highest BCUT2D eigenvalue weighted by atomic mass is 32.2. The Morgan fingerprint density at radius 2 is 1.70 bits per heavy atom. The fourth-order valence-corrected chi connectivity index (χ4v) is 3.11. The van der Waals surface area contributed by atoms with E-state index in [0.717, 1.165) is 28.5 Å². The van der Waals surface area contributed by atoms with Crippen molar-refractivity contribution in [3.63, 3.8) is 0 Å². The largest absolute Gasteiger partial charge is 0.286 e. The molecule has 1 aliphatic rings. The molecule has 2 aromatic rings. The van der Waals surface area contributed by atoms with Crippen LogP contribution >= 0.6 is 11.8 Å². The zero-order valence-electron chi connectivity index (χ0n) is 10.7. The topological polar surface area (TPSA) is 46.2 Å². The van der Waals surface area contributed by atoms with Crippen LogP contribution in [-0.2, 0) is 11.2 Å². The lowest BCUT2D eigenvalue weighted by atomic mass is 10.0. The van der Waals surface area contributed by atoms with Crippen molar-refractivity contribution < 1.29 is 9.59 Å². The summed E-state index contributed by atoms with van der Waals surface area (Å²) in [6.07, 6.45) is 0.572. The molecule has 3 rings (SSSR count). The Kier molecular flexibility index (Phi) is 3.56. The van der Waals surface area contributed by atoms with Gasteiger partial charge in [-0.2, -0.15) is 0 Å². The SMILES string of the molecule is O=C1NC(=O)C(Cc2cccc(-c3ccccc3)c2)S1. The monoisotopic (exact) mass is 283 g/mol. The lowest BCUT2D eigenvalue weighted by molar-refractivity contribution is -0.118. The molecule has 1 heterocycles. The van der Waals surface area contributed by atoms with Gasteiger partial charge in [0.1, 0.15) is 0 Å². The van der Waals surface area contributed by atoms with Crippen molar-refractivity contribution in [3.8, 4) is 11.1 Å². The van der Waals surface area contributed by atoms with Crippen LogP contribution in [0.1, 0.15) is 5.56 Å². The maximum atomic E-state index is 11.6. The van der Waals surface area contributed by atoms with Gasteiger partial charge in [-0.25, -0.2) is 0 Å². The van der Waals surface area contributed by atoms with E-state index >= 15 is 0 Å². The van der Waals surface area contributed by atoms with E-state index in [2.05, 4.69) is 23.5 Å². The first kappa shape index (κ1) is 12.9. The number of amides is 2. The number of hydrogen-bond acceptors (Lipinski definition) is 3. The molecule has 1 atom stereocenters.